The quantitative estimate of drug-likeness (QED) is 0.709. The fourth-order valence-corrected chi connectivity index (χ4v) is 2.90. The van der Waals surface area contributed by atoms with Crippen molar-refractivity contribution < 1.29 is 24.2 Å². The van der Waals surface area contributed by atoms with E-state index in [0.717, 1.165) is 37.6 Å². The zero-order chi connectivity index (χ0) is 19.4. The van der Waals surface area contributed by atoms with Gasteiger partial charge in [-0.3, -0.25) is 9.59 Å². The normalized spacial score (nSPS) is 16.7. The Labute approximate surface area is 155 Å². The third-order valence-corrected chi connectivity index (χ3v) is 4.17. The molecule has 1 aliphatic rings. The Morgan fingerprint density at radius 1 is 1.27 bits per heavy atom. The van der Waals surface area contributed by atoms with Gasteiger partial charge in [0.25, 0.3) is 6.47 Å². The van der Waals surface area contributed by atoms with Crippen LogP contribution in [0.4, 0.5) is 0 Å². The second-order valence-corrected chi connectivity index (χ2v) is 6.30. The number of rotatable bonds is 8. The first kappa shape index (κ1) is 21.8. The first-order valence-electron chi connectivity index (χ1n) is 8.86. The van der Waals surface area contributed by atoms with E-state index in [1.165, 1.54) is 0 Å². The zero-order valence-electron chi connectivity index (χ0n) is 15.9. The molecule has 1 saturated heterocycles. The van der Waals surface area contributed by atoms with E-state index in [9.17, 15) is 4.79 Å². The van der Waals surface area contributed by atoms with Crippen LogP contribution in [0, 0.1) is 5.92 Å². The Bertz CT molecular complexity index is 535. The number of ether oxygens (including phenoxy) is 2. The van der Waals surface area contributed by atoms with Gasteiger partial charge >= 0.3 is 0 Å². The van der Waals surface area contributed by atoms with E-state index in [2.05, 4.69) is 11.9 Å². The highest BCUT2D eigenvalue weighted by molar-refractivity contribution is 5.76. The molecule has 1 N–H and O–H groups in total. The number of hydrogen-bond acceptors (Lipinski definition) is 5. The van der Waals surface area contributed by atoms with E-state index in [0.29, 0.717) is 25.6 Å². The van der Waals surface area contributed by atoms with Crippen molar-refractivity contribution in [3.8, 4) is 11.5 Å². The molecule has 26 heavy (non-hydrogen) atoms. The van der Waals surface area contributed by atoms with Crippen molar-refractivity contribution in [2.75, 3.05) is 46.9 Å². The van der Waals surface area contributed by atoms with Crippen LogP contribution < -0.4 is 9.47 Å². The maximum atomic E-state index is 11.5. The third-order valence-electron chi connectivity index (χ3n) is 4.17. The monoisotopic (exact) mass is 366 g/mol. The maximum absolute atomic E-state index is 11.5. The van der Waals surface area contributed by atoms with Gasteiger partial charge in [0.1, 0.15) is 18.1 Å². The first-order valence-corrected chi connectivity index (χ1v) is 8.86. The molecule has 1 atom stereocenters. The summed E-state index contributed by atoms with van der Waals surface area (Å²) in [5, 5.41) is 6.89. The highest BCUT2D eigenvalue weighted by atomic mass is 16.5. The number of likely N-dealkylation sites (tertiary alicyclic amines) is 1. The molecule has 2 rings (SSSR count). The first-order chi connectivity index (χ1) is 12.5. The van der Waals surface area contributed by atoms with Gasteiger partial charge in [-0.25, -0.2) is 0 Å². The Morgan fingerprint density at radius 2 is 1.85 bits per heavy atom. The van der Waals surface area contributed by atoms with E-state index in [4.69, 9.17) is 19.4 Å². The Kier molecular flexibility index (Phi) is 10.2. The van der Waals surface area contributed by atoms with Crippen LogP contribution in [-0.4, -0.2) is 74.2 Å². The lowest BCUT2D eigenvalue weighted by Crippen LogP contribution is -2.41. The molecular formula is C19H30N2O5. The van der Waals surface area contributed by atoms with E-state index in [1.54, 1.807) is 0 Å². The predicted molar refractivity (Wildman–Crippen MR) is 99.7 cm³/mol. The number of carbonyl (C=O) groups is 2. The Hall–Kier alpha value is -2.28. The summed E-state index contributed by atoms with van der Waals surface area (Å²) in [5.74, 6) is 2.56. The van der Waals surface area contributed by atoms with E-state index >= 15 is 0 Å². The molecule has 0 spiro atoms. The van der Waals surface area contributed by atoms with Gasteiger partial charge < -0.3 is 24.4 Å². The molecular weight excluding hydrogens is 336 g/mol. The van der Waals surface area contributed by atoms with Gasteiger partial charge in [0.05, 0.1) is 6.61 Å². The maximum Gasteiger partial charge on any atom is 0.290 e. The summed E-state index contributed by atoms with van der Waals surface area (Å²) >= 11 is 0. The van der Waals surface area contributed by atoms with E-state index < -0.39 is 0 Å². The van der Waals surface area contributed by atoms with Crippen LogP contribution in [-0.2, 0) is 9.59 Å². The number of benzene rings is 1. The molecule has 1 fully saturated rings. The smallest absolute Gasteiger partial charge is 0.290 e. The van der Waals surface area contributed by atoms with Crippen LogP contribution in [0.15, 0.2) is 24.3 Å². The number of amides is 1. The van der Waals surface area contributed by atoms with Crippen LogP contribution in [0.5, 0.6) is 11.5 Å². The zero-order valence-corrected chi connectivity index (χ0v) is 15.9. The molecule has 1 aromatic carbocycles. The molecule has 7 nitrogen and oxygen atoms in total. The van der Waals surface area contributed by atoms with Crippen LogP contribution in [0.25, 0.3) is 0 Å². The summed E-state index contributed by atoms with van der Waals surface area (Å²) in [6, 6.07) is 7.73. The number of likely N-dealkylation sites (N-methyl/N-ethyl adjacent to an activating group) is 1. The predicted octanol–water partition coefficient (Wildman–Crippen LogP) is 1.97. The van der Waals surface area contributed by atoms with Crippen LogP contribution >= 0.6 is 0 Å². The van der Waals surface area contributed by atoms with Gasteiger partial charge in [-0.15, -0.1) is 0 Å². The number of hydrogen-bond donors (Lipinski definition) is 1. The van der Waals surface area contributed by atoms with Crippen LogP contribution in [0.3, 0.4) is 0 Å². The molecule has 0 aliphatic carbocycles. The molecule has 1 amide bonds. The van der Waals surface area contributed by atoms with Gasteiger partial charge in [0, 0.05) is 33.1 Å². The number of carbonyl (C=O) groups excluding carboxylic acids is 1. The minimum Gasteiger partial charge on any atom is -0.494 e. The highest BCUT2D eigenvalue weighted by Gasteiger charge is 2.23. The van der Waals surface area contributed by atoms with Gasteiger partial charge in [-0.2, -0.15) is 0 Å². The third kappa shape index (κ3) is 8.20. The largest absolute Gasteiger partial charge is 0.494 e. The summed E-state index contributed by atoms with van der Waals surface area (Å²) in [6.07, 6.45) is 1.67. The average molecular weight is 366 g/mol. The Balaban J connectivity index is 0.00000105. The molecule has 1 aromatic rings. The molecule has 1 unspecified atom stereocenters. The van der Waals surface area contributed by atoms with Gasteiger partial charge in [0.15, 0.2) is 0 Å². The molecule has 1 aliphatic heterocycles. The van der Waals surface area contributed by atoms with E-state index in [-0.39, 0.29) is 12.4 Å². The number of carboxylic acid groups (broad SMARTS) is 1. The fourth-order valence-electron chi connectivity index (χ4n) is 2.90. The SMILES string of the molecule is CCOc1ccc(OCCN(C)CC2CCC(=O)N(C)C2)cc1.O=CO. The summed E-state index contributed by atoms with van der Waals surface area (Å²) in [5.41, 5.74) is 0. The fraction of sp³-hybridized carbons (Fsp3) is 0.579. The number of piperidine rings is 1. The van der Waals surface area contributed by atoms with Crippen LogP contribution in [0.1, 0.15) is 19.8 Å². The number of nitrogens with zero attached hydrogens (tertiary/aromatic N) is 2. The lowest BCUT2D eigenvalue weighted by atomic mass is 9.97. The molecule has 0 aromatic heterocycles. The molecule has 0 saturated carbocycles. The average Bonchev–Trinajstić information content (AvgIpc) is 2.61. The standard InChI is InChI=1S/C18H28N2O3.CH2O2/c1-4-22-16-6-8-17(9-7-16)23-12-11-19(2)13-15-5-10-18(21)20(3)14-15;2-1-3/h6-9,15H,4-5,10-14H2,1-3H3;1H,(H,2,3). The summed E-state index contributed by atoms with van der Waals surface area (Å²) in [4.78, 5) is 24.0. The van der Waals surface area contributed by atoms with Crippen molar-refractivity contribution in [3.63, 3.8) is 0 Å². The van der Waals surface area contributed by atoms with Crippen LogP contribution in [0.2, 0.25) is 0 Å². The van der Waals surface area contributed by atoms with E-state index in [1.807, 2.05) is 43.1 Å². The summed E-state index contributed by atoms with van der Waals surface area (Å²) in [7, 11) is 4.00. The molecule has 7 heteroatoms. The summed E-state index contributed by atoms with van der Waals surface area (Å²) in [6.45, 7) is 5.80. The topological polar surface area (TPSA) is 79.3 Å². The van der Waals surface area contributed by atoms with Crippen molar-refractivity contribution >= 4 is 12.4 Å². The van der Waals surface area contributed by atoms with Gasteiger partial charge in [-0.1, -0.05) is 0 Å². The lowest BCUT2D eigenvalue weighted by Gasteiger charge is -2.32. The van der Waals surface area contributed by atoms with Gasteiger partial charge in [0.2, 0.25) is 5.91 Å². The lowest BCUT2D eigenvalue weighted by molar-refractivity contribution is -0.133. The van der Waals surface area contributed by atoms with Crippen molar-refractivity contribution in [2.45, 2.75) is 19.8 Å². The summed E-state index contributed by atoms with van der Waals surface area (Å²) < 4.78 is 11.2. The van der Waals surface area contributed by atoms with Crippen molar-refractivity contribution in [1.29, 1.82) is 0 Å². The van der Waals surface area contributed by atoms with Crippen molar-refractivity contribution in [2.24, 2.45) is 5.92 Å². The van der Waals surface area contributed by atoms with Gasteiger partial charge in [-0.05, 0) is 50.6 Å². The molecule has 0 radical (unpaired) electrons. The molecule has 1 heterocycles. The highest BCUT2D eigenvalue weighted by Crippen LogP contribution is 2.18. The Morgan fingerprint density at radius 3 is 2.38 bits per heavy atom. The minimum atomic E-state index is -0.250. The molecule has 0 bridgehead atoms. The second-order valence-electron chi connectivity index (χ2n) is 6.30. The van der Waals surface area contributed by atoms with Crippen molar-refractivity contribution in [1.82, 2.24) is 9.80 Å². The molecule has 146 valence electrons. The van der Waals surface area contributed by atoms with Crippen molar-refractivity contribution in [3.05, 3.63) is 24.3 Å². The second kappa shape index (κ2) is 12.1. The minimum absolute atomic E-state index is 0.250.